The van der Waals surface area contributed by atoms with E-state index >= 15 is 0 Å². The maximum Gasteiger partial charge on any atom is 0.264 e. The van der Waals surface area contributed by atoms with Gasteiger partial charge in [0.2, 0.25) is 11.8 Å². The van der Waals surface area contributed by atoms with Crippen LogP contribution in [-0.4, -0.2) is 134 Å². The zero-order valence-electron chi connectivity index (χ0n) is 31.8. The van der Waals surface area contributed by atoms with Crippen molar-refractivity contribution in [1.29, 1.82) is 0 Å². The summed E-state index contributed by atoms with van der Waals surface area (Å²) in [7, 11) is 0. The molecule has 14 heteroatoms. The first-order valence-corrected chi connectivity index (χ1v) is 19.7. The highest BCUT2D eigenvalue weighted by Gasteiger charge is 2.45. The number of fused-ring (bicyclic) bond motifs is 1. The van der Waals surface area contributed by atoms with Crippen molar-refractivity contribution in [1.82, 2.24) is 10.2 Å². The molecule has 2 aliphatic rings. The van der Waals surface area contributed by atoms with E-state index in [0.29, 0.717) is 98.1 Å². The minimum atomic E-state index is -1.00. The summed E-state index contributed by atoms with van der Waals surface area (Å²) in [6, 6.07) is 3.93. The quantitative estimate of drug-likeness (QED) is 0.0750. The number of carbonyl (C=O) groups excluding carboxylic acids is 4. The van der Waals surface area contributed by atoms with Crippen molar-refractivity contribution < 1.29 is 52.3 Å². The first-order valence-electron chi connectivity index (χ1n) is 19.7. The monoisotopic (exact) mass is 749 g/mol. The number of piperidine rings is 1. The molecule has 0 bridgehead atoms. The van der Waals surface area contributed by atoms with Crippen molar-refractivity contribution in [2.24, 2.45) is 0 Å². The number of hydrogen-bond acceptors (Lipinski definition) is 12. The van der Waals surface area contributed by atoms with E-state index in [1.807, 2.05) is 0 Å². The number of benzene rings is 1. The molecule has 2 aliphatic heterocycles. The molecule has 0 spiro atoms. The molecule has 1 atom stereocenters. The van der Waals surface area contributed by atoms with E-state index in [0.717, 1.165) is 17.9 Å². The summed E-state index contributed by atoms with van der Waals surface area (Å²) >= 11 is 0. The molecule has 14 nitrogen and oxygen atoms in total. The van der Waals surface area contributed by atoms with E-state index in [9.17, 15) is 19.2 Å². The van der Waals surface area contributed by atoms with E-state index in [2.05, 4.69) is 17.6 Å². The Morgan fingerprint density at radius 1 is 0.604 bits per heavy atom. The molecule has 2 heterocycles. The summed E-state index contributed by atoms with van der Waals surface area (Å²) < 4.78 is 38.9. The van der Waals surface area contributed by atoms with Crippen molar-refractivity contribution in [3.63, 3.8) is 0 Å². The van der Waals surface area contributed by atoms with Gasteiger partial charge in [0, 0.05) is 25.3 Å². The van der Waals surface area contributed by atoms with E-state index < -0.39 is 29.7 Å². The normalized spacial score (nSPS) is 15.7. The fraction of sp³-hybridized carbons (Fsp3) is 0.744. The second kappa shape index (κ2) is 28.5. The summed E-state index contributed by atoms with van der Waals surface area (Å²) in [6.07, 6.45) is 13.5. The number of ether oxygens (including phenoxy) is 7. The second-order valence-corrected chi connectivity index (χ2v) is 13.1. The van der Waals surface area contributed by atoms with E-state index in [1.165, 1.54) is 57.8 Å². The molecule has 1 aromatic carbocycles. The Morgan fingerprint density at radius 2 is 1.08 bits per heavy atom. The van der Waals surface area contributed by atoms with Crippen LogP contribution >= 0.6 is 0 Å². The molecule has 1 saturated heterocycles. The zero-order valence-corrected chi connectivity index (χ0v) is 31.8. The van der Waals surface area contributed by atoms with Gasteiger partial charge in [0.15, 0.2) is 0 Å². The van der Waals surface area contributed by atoms with Gasteiger partial charge in [-0.1, -0.05) is 70.8 Å². The van der Waals surface area contributed by atoms with Gasteiger partial charge in [0.25, 0.3) is 11.8 Å². The van der Waals surface area contributed by atoms with Crippen molar-refractivity contribution in [3.05, 3.63) is 29.3 Å². The molecule has 0 radical (unpaired) electrons. The minimum Gasteiger partial charge on any atom is -0.382 e. The van der Waals surface area contributed by atoms with E-state index in [4.69, 9.17) is 33.2 Å². The number of amides is 4. The topological polar surface area (TPSA) is 160 Å². The highest BCUT2D eigenvalue weighted by atomic mass is 16.6. The Bertz CT molecular complexity index is 1200. The van der Waals surface area contributed by atoms with E-state index in [-0.39, 0.29) is 24.0 Å². The lowest BCUT2D eigenvalue weighted by molar-refractivity contribution is -0.136. The standard InChI is InChI=1S/C39H63N3O11/c1-2-3-4-5-6-7-8-9-10-11-18-47-20-22-49-24-26-51-28-30-53-31-29-52-27-25-50-23-21-48-19-17-40-33-14-12-13-32-36(33)39(46)42(38(32)45)34-15-16-35(43)41-37(34)44/h12-14,34,40H,2-11,15-31H2,1H3,(H,41,43,44). The van der Waals surface area contributed by atoms with Crippen molar-refractivity contribution in [3.8, 4) is 0 Å². The van der Waals surface area contributed by atoms with Crippen LogP contribution in [0.4, 0.5) is 5.69 Å². The van der Waals surface area contributed by atoms with Crippen LogP contribution in [0.15, 0.2) is 18.2 Å². The number of carbonyl (C=O) groups is 4. The molecular formula is C39H63N3O11. The summed E-state index contributed by atoms with van der Waals surface area (Å²) in [4.78, 5) is 50.9. The third-order valence-corrected chi connectivity index (χ3v) is 8.90. The van der Waals surface area contributed by atoms with Crippen LogP contribution < -0.4 is 10.6 Å². The molecule has 1 fully saturated rings. The number of nitrogens with zero attached hydrogens (tertiary/aromatic N) is 1. The molecule has 53 heavy (non-hydrogen) atoms. The fourth-order valence-corrected chi connectivity index (χ4v) is 6.03. The number of imide groups is 2. The Kier molecular flexibility index (Phi) is 23.9. The highest BCUT2D eigenvalue weighted by Crippen LogP contribution is 2.32. The van der Waals surface area contributed by atoms with Gasteiger partial charge in [-0.2, -0.15) is 0 Å². The Morgan fingerprint density at radius 3 is 1.58 bits per heavy atom. The Labute approximate surface area is 315 Å². The van der Waals surface area contributed by atoms with Crippen LogP contribution in [0.25, 0.3) is 0 Å². The molecule has 4 amide bonds. The smallest absolute Gasteiger partial charge is 0.264 e. The molecular weight excluding hydrogens is 686 g/mol. The molecule has 3 rings (SSSR count). The van der Waals surface area contributed by atoms with Crippen molar-refractivity contribution in [2.45, 2.75) is 90.0 Å². The van der Waals surface area contributed by atoms with Crippen LogP contribution in [0, 0.1) is 0 Å². The molecule has 0 aromatic heterocycles. The predicted molar refractivity (Wildman–Crippen MR) is 199 cm³/mol. The van der Waals surface area contributed by atoms with Gasteiger partial charge in [-0.3, -0.25) is 29.4 Å². The van der Waals surface area contributed by atoms with Gasteiger partial charge in [-0.05, 0) is 25.0 Å². The van der Waals surface area contributed by atoms with Crippen molar-refractivity contribution >= 4 is 29.3 Å². The molecule has 2 N–H and O–H groups in total. The van der Waals surface area contributed by atoms with Gasteiger partial charge in [-0.25, -0.2) is 0 Å². The zero-order chi connectivity index (χ0) is 37.8. The number of rotatable bonds is 34. The van der Waals surface area contributed by atoms with Crippen LogP contribution in [-0.2, 0) is 42.7 Å². The third-order valence-electron chi connectivity index (χ3n) is 8.90. The third kappa shape index (κ3) is 17.8. The average Bonchev–Trinajstić information content (AvgIpc) is 3.41. The fourth-order valence-electron chi connectivity index (χ4n) is 6.03. The van der Waals surface area contributed by atoms with Crippen LogP contribution in [0.5, 0.6) is 0 Å². The first-order chi connectivity index (χ1) is 26.0. The first kappa shape index (κ1) is 44.4. The maximum atomic E-state index is 13.2. The van der Waals surface area contributed by atoms with Crippen LogP contribution in [0.1, 0.15) is 105 Å². The van der Waals surface area contributed by atoms with Gasteiger partial charge < -0.3 is 38.5 Å². The van der Waals surface area contributed by atoms with Crippen molar-refractivity contribution in [2.75, 3.05) is 104 Å². The number of hydrogen-bond donors (Lipinski definition) is 2. The molecule has 1 aromatic rings. The Hall–Kier alpha value is -2.98. The molecule has 1 unspecified atom stereocenters. The van der Waals surface area contributed by atoms with Gasteiger partial charge in [0.05, 0.1) is 97.0 Å². The highest BCUT2D eigenvalue weighted by molar-refractivity contribution is 6.25. The maximum absolute atomic E-state index is 13.2. The lowest BCUT2D eigenvalue weighted by Crippen LogP contribution is -2.54. The number of anilines is 1. The van der Waals surface area contributed by atoms with E-state index in [1.54, 1.807) is 18.2 Å². The van der Waals surface area contributed by atoms with Crippen LogP contribution in [0.2, 0.25) is 0 Å². The second-order valence-electron chi connectivity index (χ2n) is 13.1. The summed E-state index contributed by atoms with van der Waals surface area (Å²) in [5.41, 5.74) is 0.932. The lowest BCUT2D eigenvalue weighted by Gasteiger charge is -2.27. The molecule has 300 valence electrons. The number of unbranched alkanes of at least 4 members (excludes halogenated alkanes) is 9. The van der Waals surface area contributed by atoms with Gasteiger partial charge in [0.1, 0.15) is 6.04 Å². The average molecular weight is 750 g/mol. The summed E-state index contributed by atoms with van der Waals surface area (Å²) in [5, 5.41) is 5.34. The largest absolute Gasteiger partial charge is 0.382 e. The predicted octanol–water partition coefficient (Wildman–Crippen LogP) is 4.54. The minimum absolute atomic E-state index is 0.0719. The Balaban J connectivity index is 1.03. The SMILES string of the molecule is CCCCCCCCCCCCOCCOCCOCCOCCOCCOCCOCCNc1cccc2c1C(=O)N(C1CCC(=O)NC1=O)C2=O. The summed E-state index contributed by atoms with van der Waals surface area (Å²) in [6.45, 7) is 9.73. The van der Waals surface area contributed by atoms with Gasteiger partial charge >= 0.3 is 0 Å². The number of nitrogens with one attached hydrogen (secondary N) is 2. The summed E-state index contributed by atoms with van der Waals surface area (Å²) in [5.74, 6) is -2.14. The lowest BCUT2D eigenvalue weighted by atomic mass is 10.0. The molecule has 0 aliphatic carbocycles. The van der Waals surface area contributed by atoms with Gasteiger partial charge in [-0.15, -0.1) is 0 Å². The van der Waals surface area contributed by atoms with Crippen LogP contribution in [0.3, 0.4) is 0 Å². The molecule has 0 saturated carbocycles.